The second-order valence-electron chi connectivity index (χ2n) is 5.51. The van der Waals surface area contributed by atoms with Crippen LogP contribution in [0, 0.1) is 0 Å². The Kier molecular flexibility index (Phi) is 4.18. The first-order valence-corrected chi connectivity index (χ1v) is 7.37. The lowest BCUT2D eigenvalue weighted by Crippen LogP contribution is -2.29. The quantitative estimate of drug-likeness (QED) is 0.654. The number of hydrazine groups is 1. The molecule has 0 bridgehead atoms. The van der Waals surface area contributed by atoms with Crippen LogP contribution in [0.25, 0.3) is 0 Å². The van der Waals surface area contributed by atoms with Crippen molar-refractivity contribution in [3.05, 3.63) is 59.4 Å². The van der Waals surface area contributed by atoms with Crippen molar-refractivity contribution in [3.63, 3.8) is 0 Å². The van der Waals surface area contributed by atoms with Gasteiger partial charge in [-0.05, 0) is 36.0 Å². The van der Waals surface area contributed by atoms with Gasteiger partial charge in [-0.25, -0.2) is 5.43 Å². The lowest BCUT2D eigenvalue weighted by molar-refractivity contribution is 0.402. The number of rotatable bonds is 5. The fourth-order valence-electron chi connectivity index (χ4n) is 2.87. The van der Waals surface area contributed by atoms with E-state index in [2.05, 4.69) is 34.7 Å². The summed E-state index contributed by atoms with van der Waals surface area (Å²) in [6.07, 6.45) is 7.45. The molecule has 0 saturated heterocycles. The van der Waals surface area contributed by atoms with Gasteiger partial charge in [-0.3, -0.25) is 10.8 Å². The molecule has 1 aliphatic carbocycles. The highest BCUT2D eigenvalue weighted by molar-refractivity contribution is 5.40. The molecule has 21 heavy (non-hydrogen) atoms. The number of nitrogens with two attached hydrogens (primary N) is 1. The zero-order valence-electron chi connectivity index (χ0n) is 12.3. The van der Waals surface area contributed by atoms with Gasteiger partial charge < -0.3 is 4.74 Å². The topological polar surface area (TPSA) is 60.2 Å². The molecule has 0 amide bonds. The minimum Gasteiger partial charge on any atom is -0.495 e. The first-order chi connectivity index (χ1) is 10.3. The summed E-state index contributed by atoms with van der Waals surface area (Å²) in [6.45, 7) is 0. The fourth-order valence-corrected chi connectivity index (χ4v) is 2.87. The summed E-state index contributed by atoms with van der Waals surface area (Å²) in [6, 6.07) is 10.6. The molecule has 2 aromatic rings. The average Bonchev–Trinajstić information content (AvgIpc) is 2.48. The molecule has 1 aromatic carbocycles. The molecule has 110 valence electrons. The van der Waals surface area contributed by atoms with Crippen LogP contribution in [0.3, 0.4) is 0 Å². The van der Waals surface area contributed by atoms with Crippen molar-refractivity contribution >= 4 is 0 Å². The molecule has 4 heteroatoms. The molecule has 4 nitrogen and oxygen atoms in total. The number of nitrogens with zero attached hydrogens (tertiary/aromatic N) is 1. The smallest absolute Gasteiger partial charge is 0.142 e. The lowest BCUT2D eigenvalue weighted by atomic mass is 9.79. The molecule has 1 aliphatic rings. The Labute approximate surface area is 125 Å². The van der Waals surface area contributed by atoms with Crippen molar-refractivity contribution < 1.29 is 4.74 Å². The van der Waals surface area contributed by atoms with E-state index in [4.69, 9.17) is 10.6 Å². The highest BCUT2D eigenvalue weighted by atomic mass is 16.5. The first-order valence-electron chi connectivity index (χ1n) is 7.37. The van der Waals surface area contributed by atoms with E-state index >= 15 is 0 Å². The highest BCUT2D eigenvalue weighted by Gasteiger charge is 2.21. The SMILES string of the molecule is COc1cnccc1C(NN)c1ccc(C2CCC2)cc1. The largest absolute Gasteiger partial charge is 0.495 e. The maximum Gasteiger partial charge on any atom is 0.142 e. The molecule has 1 heterocycles. The zero-order valence-corrected chi connectivity index (χ0v) is 12.3. The Hall–Kier alpha value is -1.91. The van der Waals surface area contributed by atoms with Gasteiger partial charge in [-0.2, -0.15) is 0 Å². The van der Waals surface area contributed by atoms with Crippen LogP contribution in [0.15, 0.2) is 42.7 Å². The van der Waals surface area contributed by atoms with Crippen LogP contribution >= 0.6 is 0 Å². The van der Waals surface area contributed by atoms with Crippen molar-refractivity contribution in [1.29, 1.82) is 0 Å². The van der Waals surface area contributed by atoms with Gasteiger partial charge in [0, 0.05) is 11.8 Å². The molecule has 0 radical (unpaired) electrons. The highest BCUT2D eigenvalue weighted by Crippen LogP contribution is 2.37. The number of aromatic nitrogens is 1. The summed E-state index contributed by atoms with van der Waals surface area (Å²) in [5.41, 5.74) is 6.43. The third kappa shape index (κ3) is 2.77. The summed E-state index contributed by atoms with van der Waals surface area (Å²) >= 11 is 0. The van der Waals surface area contributed by atoms with E-state index in [0.29, 0.717) is 0 Å². The van der Waals surface area contributed by atoms with E-state index in [-0.39, 0.29) is 6.04 Å². The number of hydrogen-bond acceptors (Lipinski definition) is 4. The molecule has 1 fully saturated rings. The van der Waals surface area contributed by atoms with E-state index < -0.39 is 0 Å². The van der Waals surface area contributed by atoms with Crippen molar-refractivity contribution in [3.8, 4) is 5.75 Å². The van der Waals surface area contributed by atoms with Gasteiger partial charge in [0.15, 0.2) is 0 Å². The van der Waals surface area contributed by atoms with Crippen LogP contribution in [0.2, 0.25) is 0 Å². The van der Waals surface area contributed by atoms with Gasteiger partial charge in [0.2, 0.25) is 0 Å². The van der Waals surface area contributed by atoms with Crippen LogP contribution < -0.4 is 16.0 Å². The Balaban J connectivity index is 1.88. The van der Waals surface area contributed by atoms with Crippen LogP contribution in [-0.2, 0) is 0 Å². The van der Waals surface area contributed by atoms with Gasteiger partial charge in [0.1, 0.15) is 5.75 Å². The van der Waals surface area contributed by atoms with E-state index in [1.807, 2.05) is 6.07 Å². The maximum absolute atomic E-state index is 5.77. The van der Waals surface area contributed by atoms with E-state index in [0.717, 1.165) is 22.8 Å². The summed E-state index contributed by atoms with van der Waals surface area (Å²) in [5, 5.41) is 0. The van der Waals surface area contributed by atoms with E-state index in [9.17, 15) is 0 Å². The summed E-state index contributed by atoms with van der Waals surface area (Å²) in [5.74, 6) is 7.26. The normalized spacial score (nSPS) is 16.3. The number of ether oxygens (including phenoxy) is 1. The Bertz CT molecular complexity index is 593. The summed E-state index contributed by atoms with van der Waals surface area (Å²) in [4.78, 5) is 4.09. The molecule has 1 unspecified atom stereocenters. The Morgan fingerprint density at radius 1 is 1.24 bits per heavy atom. The van der Waals surface area contributed by atoms with Crippen LogP contribution in [0.5, 0.6) is 5.75 Å². The third-order valence-electron chi connectivity index (χ3n) is 4.36. The number of hydrogen-bond donors (Lipinski definition) is 2. The zero-order chi connectivity index (χ0) is 14.7. The molecule has 3 N–H and O–H groups in total. The molecule has 0 spiro atoms. The standard InChI is InChI=1S/C17H21N3O/c1-21-16-11-19-10-9-15(16)17(20-18)14-7-5-13(6-8-14)12-3-2-4-12/h5-12,17,20H,2-4,18H2,1H3. The van der Waals surface area contributed by atoms with Gasteiger partial charge in [-0.15, -0.1) is 0 Å². The van der Waals surface area contributed by atoms with Gasteiger partial charge >= 0.3 is 0 Å². The van der Waals surface area contributed by atoms with Crippen LogP contribution in [-0.4, -0.2) is 12.1 Å². The molecule has 1 saturated carbocycles. The third-order valence-corrected chi connectivity index (χ3v) is 4.36. The fraction of sp³-hybridized carbons (Fsp3) is 0.353. The maximum atomic E-state index is 5.77. The predicted octanol–water partition coefficient (Wildman–Crippen LogP) is 2.91. The lowest BCUT2D eigenvalue weighted by Gasteiger charge is -2.26. The Morgan fingerprint density at radius 2 is 2.00 bits per heavy atom. The molecule has 3 rings (SSSR count). The van der Waals surface area contributed by atoms with Gasteiger partial charge in [0.25, 0.3) is 0 Å². The van der Waals surface area contributed by atoms with E-state index in [1.54, 1.807) is 19.5 Å². The molecule has 1 aromatic heterocycles. The van der Waals surface area contributed by atoms with Crippen molar-refractivity contribution in [2.45, 2.75) is 31.2 Å². The number of pyridine rings is 1. The minimum atomic E-state index is -0.0987. The van der Waals surface area contributed by atoms with E-state index in [1.165, 1.54) is 24.8 Å². The second-order valence-corrected chi connectivity index (χ2v) is 5.51. The van der Waals surface area contributed by atoms with Gasteiger partial charge in [0.05, 0.1) is 19.3 Å². The average molecular weight is 283 g/mol. The number of nitrogens with one attached hydrogen (secondary N) is 1. The van der Waals surface area contributed by atoms with Crippen molar-refractivity contribution in [2.75, 3.05) is 7.11 Å². The van der Waals surface area contributed by atoms with Crippen molar-refractivity contribution in [2.24, 2.45) is 5.84 Å². The first kappa shape index (κ1) is 14.0. The number of methoxy groups -OCH3 is 1. The molecule has 0 aliphatic heterocycles. The molecular weight excluding hydrogens is 262 g/mol. The Morgan fingerprint density at radius 3 is 2.57 bits per heavy atom. The molecule has 1 atom stereocenters. The van der Waals surface area contributed by atoms with Crippen LogP contribution in [0.1, 0.15) is 47.9 Å². The van der Waals surface area contributed by atoms with Crippen LogP contribution in [0.4, 0.5) is 0 Å². The van der Waals surface area contributed by atoms with Crippen molar-refractivity contribution in [1.82, 2.24) is 10.4 Å². The second kappa shape index (κ2) is 6.24. The van der Waals surface area contributed by atoms with Gasteiger partial charge in [-0.1, -0.05) is 30.7 Å². The predicted molar refractivity (Wildman–Crippen MR) is 83.0 cm³/mol. The monoisotopic (exact) mass is 283 g/mol. The summed E-state index contributed by atoms with van der Waals surface area (Å²) < 4.78 is 5.38. The minimum absolute atomic E-state index is 0.0987. The number of benzene rings is 1. The molecular formula is C17H21N3O. The summed E-state index contributed by atoms with van der Waals surface area (Å²) in [7, 11) is 1.65.